The van der Waals surface area contributed by atoms with Gasteiger partial charge in [-0.1, -0.05) is 12.1 Å². The highest BCUT2D eigenvalue weighted by Crippen LogP contribution is 2.20. The third-order valence-electron chi connectivity index (χ3n) is 3.28. The van der Waals surface area contributed by atoms with Gasteiger partial charge in [0.15, 0.2) is 0 Å². The van der Waals surface area contributed by atoms with Gasteiger partial charge in [0.25, 0.3) is 0 Å². The Hall–Kier alpha value is -1.46. The zero-order valence-electron chi connectivity index (χ0n) is 11.0. The van der Waals surface area contributed by atoms with Gasteiger partial charge in [0.2, 0.25) is 0 Å². The van der Waals surface area contributed by atoms with Crippen LogP contribution >= 0.6 is 0 Å². The predicted molar refractivity (Wildman–Crippen MR) is 68.4 cm³/mol. The van der Waals surface area contributed by atoms with Gasteiger partial charge in [0.1, 0.15) is 5.82 Å². The second-order valence-corrected chi connectivity index (χ2v) is 4.54. The van der Waals surface area contributed by atoms with Crippen molar-refractivity contribution >= 4 is 5.97 Å². The van der Waals surface area contributed by atoms with Crippen LogP contribution in [-0.4, -0.2) is 50.8 Å². The zero-order valence-corrected chi connectivity index (χ0v) is 11.0. The molecule has 0 spiro atoms. The van der Waals surface area contributed by atoms with Crippen LogP contribution in [0, 0.1) is 5.82 Å². The van der Waals surface area contributed by atoms with Gasteiger partial charge in [0.05, 0.1) is 26.2 Å². The van der Waals surface area contributed by atoms with E-state index in [4.69, 9.17) is 9.47 Å². The van der Waals surface area contributed by atoms with Gasteiger partial charge < -0.3 is 9.47 Å². The Bertz CT molecular complexity index is 432. The van der Waals surface area contributed by atoms with E-state index in [1.807, 2.05) is 0 Å². The van der Waals surface area contributed by atoms with Crippen molar-refractivity contribution in [1.29, 1.82) is 0 Å². The van der Waals surface area contributed by atoms with E-state index in [-0.39, 0.29) is 11.8 Å². The normalized spacial score (nSPS) is 18.0. The molecule has 104 valence electrons. The highest BCUT2D eigenvalue weighted by molar-refractivity contribution is 5.78. The van der Waals surface area contributed by atoms with E-state index in [1.165, 1.54) is 19.2 Å². The summed E-state index contributed by atoms with van der Waals surface area (Å²) in [5.41, 5.74) is 0.651. The average Bonchev–Trinajstić information content (AvgIpc) is 2.45. The van der Waals surface area contributed by atoms with E-state index in [0.717, 1.165) is 13.1 Å². The van der Waals surface area contributed by atoms with Crippen LogP contribution in [0.2, 0.25) is 0 Å². The van der Waals surface area contributed by atoms with E-state index in [1.54, 1.807) is 12.1 Å². The second kappa shape index (κ2) is 6.63. The highest BCUT2D eigenvalue weighted by atomic mass is 19.1. The van der Waals surface area contributed by atoms with Gasteiger partial charge in [-0.05, 0) is 17.7 Å². The molecule has 0 bridgehead atoms. The van der Waals surface area contributed by atoms with Gasteiger partial charge in [-0.25, -0.2) is 4.39 Å². The molecular formula is C14H18FNO3. The third kappa shape index (κ3) is 3.75. The van der Waals surface area contributed by atoms with Gasteiger partial charge in [0, 0.05) is 19.6 Å². The predicted octanol–water partition coefficient (Wildman–Crippen LogP) is 1.41. The molecule has 0 amide bonds. The molecule has 1 fully saturated rings. The van der Waals surface area contributed by atoms with E-state index in [2.05, 4.69) is 4.90 Å². The van der Waals surface area contributed by atoms with Crippen LogP contribution in [-0.2, 0) is 14.3 Å². The Balaban J connectivity index is 2.13. The lowest BCUT2D eigenvalue weighted by Gasteiger charge is -2.29. The molecule has 0 N–H and O–H groups in total. The summed E-state index contributed by atoms with van der Waals surface area (Å²) < 4.78 is 23.4. The van der Waals surface area contributed by atoms with Crippen molar-refractivity contribution < 1.29 is 18.7 Å². The maximum atomic E-state index is 13.3. The Morgan fingerprint density at radius 3 is 2.84 bits per heavy atom. The minimum Gasteiger partial charge on any atom is -0.469 e. The molecule has 1 aromatic carbocycles. The molecule has 4 nitrogen and oxygen atoms in total. The monoisotopic (exact) mass is 267 g/mol. The SMILES string of the molecule is COC(=O)C(CN1CCOCC1)c1cccc(F)c1. The molecule has 0 saturated carbocycles. The number of hydrogen-bond donors (Lipinski definition) is 0. The van der Waals surface area contributed by atoms with Gasteiger partial charge >= 0.3 is 5.97 Å². The summed E-state index contributed by atoms with van der Waals surface area (Å²) >= 11 is 0. The van der Waals surface area contributed by atoms with Crippen LogP contribution < -0.4 is 0 Å². The number of methoxy groups -OCH3 is 1. The topological polar surface area (TPSA) is 38.8 Å². The number of esters is 1. The molecular weight excluding hydrogens is 249 g/mol. The summed E-state index contributed by atoms with van der Waals surface area (Å²) in [5.74, 6) is -1.13. The van der Waals surface area contributed by atoms with Gasteiger partial charge in [-0.2, -0.15) is 0 Å². The average molecular weight is 267 g/mol. The van der Waals surface area contributed by atoms with Crippen molar-refractivity contribution in [2.75, 3.05) is 40.0 Å². The summed E-state index contributed by atoms with van der Waals surface area (Å²) in [5, 5.41) is 0. The molecule has 1 saturated heterocycles. The number of rotatable bonds is 4. The van der Waals surface area contributed by atoms with Crippen molar-refractivity contribution in [2.24, 2.45) is 0 Å². The van der Waals surface area contributed by atoms with Crippen molar-refractivity contribution in [3.63, 3.8) is 0 Å². The molecule has 1 aromatic rings. The molecule has 1 aliphatic heterocycles. The minimum atomic E-state index is -0.459. The molecule has 1 heterocycles. The van der Waals surface area contributed by atoms with Crippen molar-refractivity contribution in [2.45, 2.75) is 5.92 Å². The zero-order chi connectivity index (χ0) is 13.7. The van der Waals surface area contributed by atoms with Crippen molar-refractivity contribution in [1.82, 2.24) is 4.90 Å². The van der Waals surface area contributed by atoms with Gasteiger partial charge in [-0.15, -0.1) is 0 Å². The summed E-state index contributed by atoms with van der Waals surface area (Å²) in [6.45, 7) is 3.42. The number of benzene rings is 1. The molecule has 1 atom stereocenters. The third-order valence-corrected chi connectivity index (χ3v) is 3.28. The lowest BCUT2D eigenvalue weighted by atomic mass is 9.98. The lowest BCUT2D eigenvalue weighted by molar-refractivity contribution is -0.143. The number of ether oxygens (including phenoxy) is 2. The maximum absolute atomic E-state index is 13.3. The van der Waals surface area contributed by atoms with E-state index in [9.17, 15) is 9.18 Å². The number of carbonyl (C=O) groups excluding carboxylic acids is 1. The first-order valence-electron chi connectivity index (χ1n) is 6.34. The van der Waals surface area contributed by atoms with Crippen LogP contribution in [0.15, 0.2) is 24.3 Å². The molecule has 0 aliphatic carbocycles. The first kappa shape index (κ1) is 14.0. The number of nitrogens with zero attached hydrogens (tertiary/aromatic N) is 1. The van der Waals surface area contributed by atoms with Crippen LogP contribution in [0.1, 0.15) is 11.5 Å². The molecule has 19 heavy (non-hydrogen) atoms. The summed E-state index contributed by atoms with van der Waals surface area (Å²) in [6.07, 6.45) is 0. The van der Waals surface area contributed by atoms with Crippen LogP contribution in [0.25, 0.3) is 0 Å². The van der Waals surface area contributed by atoms with Crippen molar-refractivity contribution in [3.8, 4) is 0 Å². The standard InChI is InChI=1S/C14H18FNO3/c1-18-14(17)13(10-16-5-7-19-8-6-16)11-3-2-4-12(15)9-11/h2-4,9,13H,5-8,10H2,1H3. The fourth-order valence-corrected chi connectivity index (χ4v) is 2.22. The summed E-state index contributed by atoms with van der Waals surface area (Å²) in [6, 6.07) is 6.12. The maximum Gasteiger partial charge on any atom is 0.314 e. The first-order valence-corrected chi connectivity index (χ1v) is 6.34. The fourth-order valence-electron chi connectivity index (χ4n) is 2.22. The Morgan fingerprint density at radius 1 is 1.47 bits per heavy atom. The molecule has 5 heteroatoms. The quantitative estimate of drug-likeness (QED) is 0.773. The number of morpholine rings is 1. The van der Waals surface area contributed by atoms with E-state index in [0.29, 0.717) is 25.3 Å². The molecule has 1 aliphatic rings. The van der Waals surface area contributed by atoms with Gasteiger partial charge in [-0.3, -0.25) is 9.69 Å². The molecule has 2 rings (SSSR count). The number of carbonyl (C=O) groups is 1. The smallest absolute Gasteiger partial charge is 0.314 e. The Labute approximate surface area is 112 Å². The first-order chi connectivity index (χ1) is 9.20. The molecule has 1 unspecified atom stereocenters. The summed E-state index contributed by atoms with van der Waals surface area (Å²) in [4.78, 5) is 14.0. The molecule has 0 radical (unpaired) electrons. The van der Waals surface area contributed by atoms with Crippen LogP contribution in [0.3, 0.4) is 0 Å². The Morgan fingerprint density at radius 2 is 2.21 bits per heavy atom. The van der Waals surface area contributed by atoms with Crippen LogP contribution in [0.4, 0.5) is 4.39 Å². The minimum absolute atomic E-state index is 0.336. The largest absolute Gasteiger partial charge is 0.469 e. The summed E-state index contributed by atoms with van der Waals surface area (Å²) in [7, 11) is 1.36. The second-order valence-electron chi connectivity index (χ2n) is 4.54. The molecule has 0 aromatic heterocycles. The Kier molecular flexibility index (Phi) is 4.87. The fraction of sp³-hybridized carbons (Fsp3) is 0.500. The van der Waals surface area contributed by atoms with Crippen LogP contribution in [0.5, 0.6) is 0 Å². The van der Waals surface area contributed by atoms with E-state index >= 15 is 0 Å². The number of hydrogen-bond acceptors (Lipinski definition) is 4. The highest BCUT2D eigenvalue weighted by Gasteiger charge is 2.25. The van der Waals surface area contributed by atoms with E-state index < -0.39 is 5.92 Å². The number of halogens is 1. The lowest BCUT2D eigenvalue weighted by Crippen LogP contribution is -2.40. The van der Waals surface area contributed by atoms with Crippen molar-refractivity contribution in [3.05, 3.63) is 35.6 Å².